The highest BCUT2D eigenvalue weighted by Gasteiger charge is 2.26. The van der Waals surface area contributed by atoms with E-state index in [0.717, 1.165) is 6.04 Å². The summed E-state index contributed by atoms with van der Waals surface area (Å²) in [6, 6.07) is 10.5. The van der Waals surface area contributed by atoms with Gasteiger partial charge in [0.15, 0.2) is 0 Å². The first-order valence-electron chi connectivity index (χ1n) is 8.90. The van der Waals surface area contributed by atoms with E-state index in [9.17, 15) is 0 Å². The van der Waals surface area contributed by atoms with E-state index in [1.54, 1.807) is 0 Å². The van der Waals surface area contributed by atoms with Crippen LogP contribution in [0.25, 0.3) is 0 Å². The van der Waals surface area contributed by atoms with Crippen LogP contribution in [0.4, 0.5) is 5.69 Å². The molecular weight excluding hydrogens is 288 g/mol. The van der Waals surface area contributed by atoms with E-state index in [1.807, 2.05) is 0 Å². The second-order valence-corrected chi connectivity index (χ2v) is 8.32. The summed E-state index contributed by atoms with van der Waals surface area (Å²) in [5.74, 6) is 3.33. The minimum Gasteiger partial charge on any atom is -0.381 e. The van der Waals surface area contributed by atoms with Gasteiger partial charge in [-0.1, -0.05) is 26.0 Å². The maximum Gasteiger partial charge on any atom is 0.0389 e. The van der Waals surface area contributed by atoms with Gasteiger partial charge in [0.1, 0.15) is 0 Å². The highest BCUT2D eigenvalue weighted by atomic mass is 32.2. The average Bonchev–Trinajstić information content (AvgIpc) is 2.56. The van der Waals surface area contributed by atoms with Crippen LogP contribution in [0.3, 0.4) is 0 Å². The molecule has 2 nitrogen and oxygen atoms in total. The van der Waals surface area contributed by atoms with E-state index in [1.165, 1.54) is 61.5 Å². The zero-order valence-electron chi connectivity index (χ0n) is 14.1. The largest absolute Gasteiger partial charge is 0.381 e. The molecule has 0 spiro atoms. The molecule has 122 valence electrons. The summed E-state index contributed by atoms with van der Waals surface area (Å²) in [4.78, 5) is 2.75. The van der Waals surface area contributed by atoms with Crippen LogP contribution < -0.4 is 5.32 Å². The highest BCUT2D eigenvalue weighted by Crippen LogP contribution is 2.26. The quantitative estimate of drug-likeness (QED) is 0.874. The van der Waals surface area contributed by atoms with Gasteiger partial charge in [0.25, 0.3) is 0 Å². The van der Waals surface area contributed by atoms with Crippen molar-refractivity contribution in [3.63, 3.8) is 0 Å². The van der Waals surface area contributed by atoms with Crippen molar-refractivity contribution in [1.82, 2.24) is 4.90 Å². The van der Waals surface area contributed by atoms with Gasteiger partial charge in [0.05, 0.1) is 0 Å². The summed E-state index contributed by atoms with van der Waals surface area (Å²) in [7, 11) is 0. The van der Waals surface area contributed by atoms with Crippen LogP contribution in [0.1, 0.15) is 51.0 Å². The van der Waals surface area contributed by atoms with Crippen LogP contribution in [-0.2, 0) is 0 Å². The molecule has 1 aromatic rings. The molecule has 2 saturated heterocycles. The lowest BCUT2D eigenvalue weighted by Crippen LogP contribution is -2.48. The molecule has 0 radical (unpaired) electrons. The zero-order chi connectivity index (χ0) is 15.4. The molecule has 3 heteroatoms. The first-order valence-corrected chi connectivity index (χ1v) is 10.1. The lowest BCUT2D eigenvalue weighted by Gasteiger charge is -2.40. The molecule has 0 aliphatic carbocycles. The van der Waals surface area contributed by atoms with Gasteiger partial charge in [-0.3, -0.25) is 4.90 Å². The van der Waals surface area contributed by atoms with Crippen molar-refractivity contribution in [1.29, 1.82) is 0 Å². The fourth-order valence-electron chi connectivity index (χ4n) is 3.71. The summed E-state index contributed by atoms with van der Waals surface area (Å²) in [5, 5.41) is 3.77. The van der Waals surface area contributed by atoms with E-state index in [-0.39, 0.29) is 0 Å². The van der Waals surface area contributed by atoms with Gasteiger partial charge in [-0.25, -0.2) is 0 Å². The maximum absolute atomic E-state index is 3.77. The van der Waals surface area contributed by atoms with E-state index in [0.29, 0.717) is 12.0 Å². The van der Waals surface area contributed by atoms with Crippen LogP contribution in [0.15, 0.2) is 24.3 Å². The predicted octanol–water partition coefficient (Wildman–Crippen LogP) is 4.58. The molecule has 0 amide bonds. The number of benzene rings is 1. The Hall–Kier alpha value is -0.670. The molecule has 0 bridgehead atoms. The molecule has 2 aliphatic heterocycles. The van der Waals surface area contributed by atoms with Crippen LogP contribution in [-0.4, -0.2) is 41.6 Å². The van der Waals surface area contributed by atoms with Crippen LogP contribution >= 0.6 is 11.8 Å². The Morgan fingerprint density at radius 1 is 1.09 bits per heavy atom. The van der Waals surface area contributed by atoms with Gasteiger partial charge in [0, 0.05) is 24.3 Å². The number of rotatable bonds is 4. The minimum absolute atomic E-state index is 0.614. The number of nitrogens with one attached hydrogen (secondary N) is 1. The van der Waals surface area contributed by atoms with E-state index in [4.69, 9.17) is 0 Å². The number of hydrogen-bond acceptors (Lipinski definition) is 3. The number of piperidine rings is 1. The van der Waals surface area contributed by atoms with Gasteiger partial charge in [-0.15, -0.1) is 0 Å². The Bertz CT molecular complexity index is 451. The summed E-state index contributed by atoms with van der Waals surface area (Å²) < 4.78 is 0. The zero-order valence-corrected chi connectivity index (χ0v) is 14.9. The van der Waals surface area contributed by atoms with Gasteiger partial charge >= 0.3 is 0 Å². The Labute approximate surface area is 140 Å². The van der Waals surface area contributed by atoms with Crippen molar-refractivity contribution in [2.75, 3.05) is 29.9 Å². The third-order valence-corrected chi connectivity index (χ3v) is 6.16. The molecule has 3 rings (SSSR count). The van der Waals surface area contributed by atoms with E-state index >= 15 is 0 Å². The standard InChI is InChI=1S/C19H30N2S/c1-15(2)16-5-7-17(8-6-16)20-18-4-3-11-21(14-18)19-9-12-22-13-10-19/h5-8,15,18-20H,3-4,9-14H2,1-2H3/t18-/m0/s1. The number of thioether (sulfide) groups is 1. The minimum atomic E-state index is 0.614. The van der Waals surface area contributed by atoms with Crippen LogP contribution in [0, 0.1) is 0 Å². The van der Waals surface area contributed by atoms with Crippen LogP contribution in [0.2, 0.25) is 0 Å². The average molecular weight is 319 g/mol. The smallest absolute Gasteiger partial charge is 0.0389 e. The second-order valence-electron chi connectivity index (χ2n) is 7.10. The van der Waals surface area contributed by atoms with Gasteiger partial charge in [0.2, 0.25) is 0 Å². The summed E-state index contributed by atoms with van der Waals surface area (Å²) in [5.41, 5.74) is 2.71. The fourth-order valence-corrected chi connectivity index (χ4v) is 4.79. The number of nitrogens with zero attached hydrogens (tertiary/aromatic N) is 1. The lowest BCUT2D eigenvalue weighted by molar-refractivity contribution is 0.146. The maximum atomic E-state index is 3.77. The molecule has 0 aromatic heterocycles. The molecular formula is C19H30N2S. The van der Waals surface area contributed by atoms with Gasteiger partial charge in [-0.2, -0.15) is 11.8 Å². The van der Waals surface area contributed by atoms with Crippen molar-refractivity contribution in [3.05, 3.63) is 29.8 Å². The van der Waals surface area contributed by atoms with Crippen molar-refractivity contribution >= 4 is 17.4 Å². The normalized spacial score (nSPS) is 24.6. The first kappa shape index (κ1) is 16.2. The SMILES string of the molecule is CC(C)c1ccc(N[C@H]2CCCN(C3CCSCC3)C2)cc1. The fraction of sp³-hybridized carbons (Fsp3) is 0.684. The monoisotopic (exact) mass is 318 g/mol. The first-order chi connectivity index (χ1) is 10.7. The molecule has 1 aromatic carbocycles. The van der Waals surface area contributed by atoms with E-state index < -0.39 is 0 Å². The van der Waals surface area contributed by atoms with Crippen molar-refractivity contribution in [3.8, 4) is 0 Å². The molecule has 22 heavy (non-hydrogen) atoms. The molecule has 2 fully saturated rings. The number of hydrogen-bond donors (Lipinski definition) is 1. The van der Waals surface area contributed by atoms with E-state index in [2.05, 4.69) is 60.1 Å². The van der Waals surface area contributed by atoms with Gasteiger partial charge < -0.3 is 5.32 Å². The number of anilines is 1. The third kappa shape index (κ3) is 4.20. The third-order valence-electron chi connectivity index (χ3n) is 5.11. The molecule has 0 unspecified atom stereocenters. The van der Waals surface area contributed by atoms with Crippen LogP contribution in [0.5, 0.6) is 0 Å². The summed E-state index contributed by atoms with van der Waals surface area (Å²) in [6.45, 7) is 7.04. The van der Waals surface area contributed by atoms with Crippen molar-refractivity contribution < 1.29 is 0 Å². The number of likely N-dealkylation sites (tertiary alicyclic amines) is 1. The highest BCUT2D eigenvalue weighted by molar-refractivity contribution is 7.99. The Kier molecular flexibility index (Phi) is 5.70. The molecule has 1 N–H and O–H groups in total. The second kappa shape index (κ2) is 7.74. The summed E-state index contributed by atoms with van der Waals surface area (Å²) in [6.07, 6.45) is 5.43. The Balaban J connectivity index is 1.55. The van der Waals surface area contributed by atoms with Crippen molar-refractivity contribution in [2.24, 2.45) is 0 Å². The van der Waals surface area contributed by atoms with Crippen molar-refractivity contribution in [2.45, 2.75) is 57.5 Å². The predicted molar refractivity (Wildman–Crippen MR) is 99.1 cm³/mol. The lowest BCUT2D eigenvalue weighted by atomic mass is 10.00. The molecule has 1 atom stereocenters. The summed E-state index contributed by atoms with van der Waals surface area (Å²) >= 11 is 2.13. The molecule has 0 saturated carbocycles. The molecule has 2 heterocycles. The molecule has 2 aliphatic rings. The van der Waals surface area contributed by atoms with Gasteiger partial charge in [-0.05, 0) is 67.3 Å². The Morgan fingerprint density at radius 3 is 2.50 bits per heavy atom. The topological polar surface area (TPSA) is 15.3 Å². The Morgan fingerprint density at radius 2 is 1.82 bits per heavy atom.